The van der Waals surface area contributed by atoms with Gasteiger partial charge in [0.15, 0.2) is 0 Å². The van der Waals surface area contributed by atoms with Crippen molar-refractivity contribution in [2.75, 3.05) is 18.5 Å². The molecule has 3 heterocycles. The number of carbonyl (C=O) groups is 3. The molecular weight excluding hydrogens is 550 g/mol. The van der Waals surface area contributed by atoms with Crippen molar-refractivity contribution in [3.63, 3.8) is 0 Å². The fourth-order valence-corrected chi connectivity index (χ4v) is 7.62. The minimum Gasteiger partial charge on any atom is -0.394 e. The standard InChI is InChI=1S/C29H36BrN3O5/c1-4-12-31-26(35)22-23-28(37)33(21(15-34)16(3)5-2)25(29(23)14-20(30)24(22)38-29)27(36)32-19-11-10-17-8-6-7-9-18(17)13-19/h6-11,13,16,20-25,34H,4-5,12,14-15H2,1-3H3,(H,31,35)(H,32,36)/t16-,20?,21-,22+,23-,24+,25?,29?/m0/s1. The molecule has 2 bridgehead atoms. The average Bonchev–Trinajstić information content (AvgIpc) is 3.51. The molecule has 8 atom stereocenters. The fraction of sp³-hybridized carbons (Fsp3) is 0.552. The monoisotopic (exact) mass is 585 g/mol. The van der Waals surface area contributed by atoms with Crippen LogP contribution in [-0.4, -0.2) is 69.5 Å². The van der Waals surface area contributed by atoms with E-state index in [1.807, 2.05) is 63.2 Å². The number of anilines is 1. The summed E-state index contributed by atoms with van der Waals surface area (Å²) in [6.07, 6.45) is 1.41. The highest BCUT2D eigenvalue weighted by Crippen LogP contribution is 2.60. The van der Waals surface area contributed by atoms with E-state index < -0.39 is 35.6 Å². The first-order valence-electron chi connectivity index (χ1n) is 13.6. The Morgan fingerprint density at radius 2 is 1.92 bits per heavy atom. The summed E-state index contributed by atoms with van der Waals surface area (Å²) < 4.78 is 6.55. The third-order valence-electron chi connectivity index (χ3n) is 8.69. The molecule has 9 heteroatoms. The molecule has 1 spiro atoms. The maximum atomic E-state index is 14.2. The van der Waals surface area contributed by atoms with Crippen LogP contribution in [0.4, 0.5) is 5.69 Å². The zero-order valence-electron chi connectivity index (χ0n) is 22.0. The Morgan fingerprint density at radius 3 is 2.61 bits per heavy atom. The largest absolute Gasteiger partial charge is 0.394 e. The second kappa shape index (κ2) is 10.6. The number of alkyl halides is 1. The lowest BCUT2D eigenvalue weighted by atomic mass is 9.70. The van der Waals surface area contributed by atoms with Gasteiger partial charge in [-0.05, 0) is 41.7 Å². The summed E-state index contributed by atoms with van der Waals surface area (Å²) >= 11 is 3.69. The van der Waals surface area contributed by atoms with Gasteiger partial charge in [0, 0.05) is 17.1 Å². The predicted molar refractivity (Wildman–Crippen MR) is 149 cm³/mol. The van der Waals surface area contributed by atoms with Gasteiger partial charge in [0.2, 0.25) is 17.7 Å². The van der Waals surface area contributed by atoms with E-state index in [-0.39, 0.29) is 35.1 Å². The maximum Gasteiger partial charge on any atom is 0.250 e. The van der Waals surface area contributed by atoms with Gasteiger partial charge in [-0.25, -0.2) is 0 Å². The number of likely N-dealkylation sites (tertiary alicyclic amines) is 1. The lowest BCUT2D eigenvalue weighted by molar-refractivity contribution is -0.145. The van der Waals surface area contributed by atoms with Crippen LogP contribution in [0.25, 0.3) is 10.8 Å². The van der Waals surface area contributed by atoms with E-state index in [4.69, 9.17) is 4.74 Å². The number of carbonyl (C=O) groups excluding carboxylic acids is 3. The molecule has 3 aliphatic heterocycles. The third kappa shape index (κ3) is 4.23. The first kappa shape index (κ1) is 27.1. The van der Waals surface area contributed by atoms with E-state index in [1.54, 1.807) is 0 Å². The second-order valence-corrected chi connectivity index (χ2v) is 12.1. The van der Waals surface area contributed by atoms with Gasteiger partial charge in [0.1, 0.15) is 11.6 Å². The number of halogens is 1. The first-order valence-corrected chi connectivity index (χ1v) is 14.5. The van der Waals surface area contributed by atoms with E-state index >= 15 is 0 Å². The molecule has 3 N–H and O–H groups in total. The molecule has 2 aromatic rings. The Labute approximate surface area is 231 Å². The van der Waals surface area contributed by atoms with Crippen molar-refractivity contribution < 1.29 is 24.2 Å². The Hall–Kier alpha value is -2.49. The molecule has 0 radical (unpaired) electrons. The molecule has 0 saturated carbocycles. The molecule has 3 aliphatic rings. The normalized spacial score (nSPS) is 31.3. The van der Waals surface area contributed by atoms with Crippen molar-refractivity contribution in [2.45, 2.75) is 68.6 Å². The van der Waals surface area contributed by atoms with Crippen LogP contribution in [0.15, 0.2) is 42.5 Å². The number of rotatable bonds is 9. The van der Waals surface area contributed by atoms with E-state index in [0.29, 0.717) is 18.7 Å². The quantitative estimate of drug-likeness (QED) is 0.391. The van der Waals surface area contributed by atoms with Crippen LogP contribution in [0, 0.1) is 17.8 Å². The topological polar surface area (TPSA) is 108 Å². The van der Waals surface area contributed by atoms with Crippen molar-refractivity contribution in [1.82, 2.24) is 10.2 Å². The number of nitrogens with one attached hydrogen (secondary N) is 2. The van der Waals surface area contributed by atoms with E-state index in [1.165, 1.54) is 4.90 Å². The molecule has 8 nitrogen and oxygen atoms in total. The van der Waals surface area contributed by atoms with Crippen LogP contribution < -0.4 is 10.6 Å². The molecule has 38 heavy (non-hydrogen) atoms. The highest BCUT2D eigenvalue weighted by molar-refractivity contribution is 9.09. The van der Waals surface area contributed by atoms with Gasteiger partial charge in [-0.2, -0.15) is 0 Å². The number of ether oxygens (including phenoxy) is 1. The first-order chi connectivity index (χ1) is 18.3. The smallest absolute Gasteiger partial charge is 0.250 e. The number of fused-ring (bicyclic) bond motifs is 2. The van der Waals surface area contributed by atoms with Gasteiger partial charge in [0.05, 0.1) is 30.6 Å². The highest BCUT2D eigenvalue weighted by Gasteiger charge is 2.77. The van der Waals surface area contributed by atoms with Crippen molar-refractivity contribution in [3.05, 3.63) is 42.5 Å². The maximum absolute atomic E-state index is 14.2. The minimum atomic E-state index is -1.16. The van der Waals surface area contributed by atoms with Crippen LogP contribution >= 0.6 is 15.9 Å². The Kier molecular flexibility index (Phi) is 7.55. The molecule has 3 unspecified atom stereocenters. The van der Waals surface area contributed by atoms with Crippen molar-refractivity contribution in [3.8, 4) is 0 Å². The number of hydrogen-bond acceptors (Lipinski definition) is 5. The number of aliphatic hydroxyl groups is 1. The van der Waals surface area contributed by atoms with Gasteiger partial charge < -0.3 is 25.4 Å². The molecule has 2 aromatic carbocycles. The summed E-state index contributed by atoms with van der Waals surface area (Å²) in [4.78, 5) is 43.0. The number of aliphatic hydroxyl groups excluding tert-OH is 1. The molecule has 0 aromatic heterocycles. The van der Waals surface area contributed by atoms with Crippen LogP contribution in [0.2, 0.25) is 0 Å². The van der Waals surface area contributed by atoms with Crippen LogP contribution in [0.3, 0.4) is 0 Å². The van der Waals surface area contributed by atoms with Crippen LogP contribution in [0.1, 0.15) is 40.0 Å². The van der Waals surface area contributed by atoms with Crippen molar-refractivity contribution in [1.29, 1.82) is 0 Å². The molecule has 0 aliphatic carbocycles. The zero-order chi connectivity index (χ0) is 27.2. The minimum absolute atomic E-state index is 0.0560. The zero-order valence-corrected chi connectivity index (χ0v) is 23.6. The summed E-state index contributed by atoms with van der Waals surface area (Å²) in [5, 5.41) is 18.5. The van der Waals surface area contributed by atoms with Crippen molar-refractivity contribution >= 4 is 50.1 Å². The second-order valence-electron chi connectivity index (χ2n) is 10.9. The SMILES string of the molecule is CCCNC(=O)[C@H]1[C@@H]2OC3(CC2Br)C(C(=O)Nc2ccc4ccccc4c2)N([C@@H](CO)[C@@H](C)CC)C(=O)[C@H]13. The number of amides is 3. The molecule has 204 valence electrons. The average molecular weight is 587 g/mol. The summed E-state index contributed by atoms with van der Waals surface area (Å²) in [5.74, 6) is -2.43. The van der Waals surface area contributed by atoms with Crippen LogP contribution in [0.5, 0.6) is 0 Å². The van der Waals surface area contributed by atoms with Gasteiger partial charge in [-0.1, -0.05) is 73.5 Å². The summed E-state index contributed by atoms with van der Waals surface area (Å²) in [6, 6.07) is 12.0. The summed E-state index contributed by atoms with van der Waals surface area (Å²) in [6.45, 7) is 6.16. The Morgan fingerprint density at radius 1 is 1.18 bits per heavy atom. The predicted octanol–water partition coefficient (Wildman–Crippen LogP) is 3.46. The summed E-state index contributed by atoms with van der Waals surface area (Å²) in [7, 11) is 0. The van der Waals surface area contributed by atoms with Crippen LogP contribution in [-0.2, 0) is 19.1 Å². The van der Waals surface area contributed by atoms with E-state index in [0.717, 1.165) is 23.6 Å². The molecule has 5 rings (SSSR count). The van der Waals surface area contributed by atoms with Gasteiger partial charge in [-0.3, -0.25) is 14.4 Å². The van der Waals surface area contributed by atoms with E-state index in [2.05, 4.69) is 26.6 Å². The number of benzene rings is 2. The molecular formula is C29H36BrN3O5. The van der Waals surface area contributed by atoms with Crippen molar-refractivity contribution in [2.24, 2.45) is 17.8 Å². The van der Waals surface area contributed by atoms with Gasteiger partial charge in [0.25, 0.3) is 0 Å². The third-order valence-corrected chi connectivity index (χ3v) is 9.53. The van der Waals surface area contributed by atoms with Gasteiger partial charge in [-0.15, -0.1) is 0 Å². The molecule has 3 amide bonds. The summed E-state index contributed by atoms with van der Waals surface area (Å²) in [5.41, 5.74) is -0.545. The Balaban J connectivity index is 1.55. The molecule has 3 fully saturated rings. The number of nitrogens with zero attached hydrogens (tertiary/aromatic N) is 1. The van der Waals surface area contributed by atoms with E-state index in [9.17, 15) is 19.5 Å². The fourth-order valence-electron chi connectivity index (χ4n) is 6.68. The lowest BCUT2D eigenvalue weighted by Crippen LogP contribution is -2.57. The van der Waals surface area contributed by atoms with Gasteiger partial charge >= 0.3 is 0 Å². The number of hydrogen-bond donors (Lipinski definition) is 3. The lowest BCUT2D eigenvalue weighted by Gasteiger charge is -2.38. The molecule has 3 saturated heterocycles. The Bertz CT molecular complexity index is 1240. The highest BCUT2D eigenvalue weighted by atomic mass is 79.9.